The Kier molecular flexibility index (Phi) is 4.66. The zero-order valence-electron chi connectivity index (χ0n) is 15.2. The summed E-state index contributed by atoms with van der Waals surface area (Å²) in [5.74, 6) is 2.61. The van der Waals surface area contributed by atoms with Crippen LogP contribution in [-0.2, 0) is 6.42 Å². The topological polar surface area (TPSA) is 28.9 Å². The van der Waals surface area contributed by atoms with E-state index in [1.807, 2.05) is 6.08 Å². The Morgan fingerprint density at radius 1 is 1.21 bits per heavy atom. The number of aromatic nitrogens is 1. The van der Waals surface area contributed by atoms with Crippen LogP contribution in [0.5, 0.6) is 0 Å². The monoisotopic (exact) mass is 321 g/mol. The lowest BCUT2D eigenvalue weighted by atomic mass is 9.94. The largest absolute Gasteiger partial charge is 0.460 e. The second kappa shape index (κ2) is 6.72. The van der Waals surface area contributed by atoms with Gasteiger partial charge in [-0.2, -0.15) is 0 Å². The van der Waals surface area contributed by atoms with Gasteiger partial charge in [0.1, 0.15) is 11.5 Å². The fraction of sp³-hybridized carbons (Fsp3) is 0.364. The van der Waals surface area contributed by atoms with Gasteiger partial charge in [0.2, 0.25) is 0 Å². The summed E-state index contributed by atoms with van der Waals surface area (Å²) in [4.78, 5) is 3.50. The van der Waals surface area contributed by atoms with Crippen LogP contribution in [0.2, 0.25) is 0 Å². The lowest BCUT2D eigenvalue weighted by Crippen LogP contribution is -1.93. The van der Waals surface area contributed by atoms with Gasteiger partial charge in [-0.3, -0.25) is 0 Å². The van der Waals surface area contributed by atoms with Crippen LogP contribution in [0, 0.1) is 13.8 Å². The van der Waals surface area contributed by atoms with E-state index in [-0.39, 0.29) is 0 Å². The quantitative estimate of drug-likeness (QED) is 0.398. The molecule has 3 aromatic rings. The first-order chi connectivity index (χ1) is 11.5. The minimum Gasteiger partial charge on any atom is -0.460 e. The summed E-state index contributed by atoms with van der Waals surface area (Å²) < 4.78 is 6.43. The molecule has 24 heavy (non-hydrogen) atoms. The predicted molar refractivity (Wildman–Crippen MR) is 103 cm³/mol. The first kappa shape index (κ1) is 16.6. The maximum Gasteiger partial charge on any atom is 0.140 e. The number of fused-ring (bicyclic) bond motifs is 1. The summed E-state index contributed by atoms with van der Waals surface area (Å²) in [7, 11) is 0. The van der Waals surface area contributed by atoms with Crippen LogP contribution < -0.4 is 0 Å². The van der Waals surface area contributed by atoms with Crippen LogP contribution in [-0.4, -0.2) is 4.98 Å². The van der Waals surface area contributed by atoms with E-state index in [4.69, 9.17) is 4.42 Å². The second-order valence-corrected chi connectivity index (χ2v) is 6.90. The molecule has 0 atom stereocenters. The summed E-state index contributed by atoms with van der Waals surface area (Å²) >= 11 is 0. The molecule has 2 nitrogen and oxygen atoms in total. The van der Waals surface area contributed by atoms with Gasteiger partial charge >= 0.3 is 0 Å². The summed E-state index contributed by atoms with van der Waals surface area (Å²) in [6.45, 7) is 12.7. The number of aromatic amines is 1. The van der Waals surface area contributed by atoms with E-state index in [1.165, 1.54) is 33.3 Å². The molecule has 0 aliphatic rings. The molecule has 0 saturated carbocycles. The molecule has 0 bridgehead atoms. The SMILES string of the molecule is C=CCCCc1oc(-c2c(C)[nH]c3ccccc23)c(C(C)C)c1C. The molecule has 0 aliphatic carbocycles. The summed E-state index contributed by atoms with van der Waals surface area (Å²) in [5, 5.41) is 1.24. The van der Waals surface area contributed by atoms with Gasteiger partial charge in [-0.25, -0.2) is 0 Å². The van der Waals surface area contributed by atoms with Crippen LogP contribution in [0.1, 0.15) is 55.2 Å². The number of H-pyrrole nitrogens is 1. The van der Waals surface area contributed by atoms with Crippen LogP contribution in [0.3, 0.4) is 0 Å². The number of nitrogens with one attached hydrogen (secondary N) is 1. The molecule has 1 N–H and O–H groups in total. The highest BCUT2D eigenvalue weighted by molar-refractivity contribution is 5.97. The Morgan fingerprint density at radius 2 is 1.96 bits per heavy atom. The highest BCUT2D eigenvalue weighted by atomic mass is 16.3. The molecule has 0 aliphatic heterocycles. The van der Waals surface area contributed by atoms with Crippen molar-refractivity contribution in [2.24, 2.45) is 0 Å². The van der Waals surface area contributed by atoms with Crippen molar-refractivity contribution >= 4 is 10.9 Å². The van der Waals surface area contributed by atoms with Crippen molar-refractivity contribution in [2.75, 3.05) is 0 Å². The molecule has 3 rings (SSSR count). The summed E-state index contributed by atoms with van der Waals surface area (Å²) in [5.41, 5.74) is 6.21. The molecular formula is C22H27NO. The molecule has 0 unspecified atom stereocenters. The maximum atomic E-state index is 6.43. The van der Waals surface area contributed by atoms with Crippen molar-refractivity contribution in [3.63, 3.8) is 0 Å². The number of para-hydroxylation sites is 1. The molecule has 0 radical (unpaired) electrons. The predicted octanol–water partition coefficient (Wildman–Crippen LogP) is 6.68. The van der Waals surface area contributed by atoms with Crippen molar-refractivity contribution in [3.8, 4) is 11.3 Å². The lowest BCUT2D eigenvalue weighted by molar-refractivity contribution is 0.510. The number of hydrogen-bond acceptors (Lipinski definition) is 1. The van der Waals surface area contributed by atoms with Crippen LogP contribution in [0.15, 0.2) is 41.3 Å². The molecular weight excluding hydrogens is 294 g/mol. The van der Waals surface area contributed by atoms with Gasteiger partial charge in [-0.05, 0) is 44.2 Å². The van der Waals surface area contributed by atoms with Crippen LogP contribution in [0.25, 0.3) is 22.2 Å². The van der Waals surface area contributed by atoms with Gasteiger partial charge in [0.25, 0.3) is 0 Å². The molecule has 126 valence electrons. The lowest BCUT2D eigenvalue weighted by Gasteiger charge is -2.08. The average molecular weight is 321 g/mol. The standard InChI is InChI=1S/C22H27NO/c1-6-7-8-13-19-15(4)20(14(2)3)22(24-19)21-16(5)23-18-12-10-9-11-17(18)21/h6,9-12,14,23H,1,7-8,13H2,2-5H3. The van der Waals surface area contributed by atoms with Crippen LogP contribution in [0.4, 0.5) is 0 Å². The number of unbranched alkanes of at least 4 members (excludes halogenated alkanes) is 1. The molecule has 0 fully saturated rings. The van der Waals surface area contributed by atoms with Gasteiger partial charge in [-0.15, -0.1) is 6.58 Å². The van der Waals surface area contributed by atoms with Crippen LogP contribution >= 0.6 is 0 Å². The van der Waals surface area contributed by atoms with Crippen molar-refractivity contribution in [1.29, 1.82) is 0 Å². The number of aryl methyl sites for hydroxylation is 2. The van der Waals surface area contributed by atoms with E-state index >= 15 is 0 Å². The Hall–Kier alpha value is -2.22. The van der Waals surface area contributed by atoms with Gasteiger partial charge < -0.3 is 9.40 Å². The van der Waals surface area contributed by atoms with E-state index in [0.717, 1.165) is 30.8 Å². The third-order valence-electron chi connectivity index (χ3n) is 4.80. The Morgan fingerprint density at radius 3 is 2.67 bits per heavy atom. The van der Waals surface area contributed by atoms with Gasteiger partial charge in [0, 0.05) is 34.1 Å². The average Bonchev–Trinajstić information content (AvgIpc) is 3.04. The number of rotatable bonds is 6. The van der Waals surface area contributed by atoms with E-state index < -0.39 is 0 Å². The van der Waals surface area contributed by atoms with Gasteiger partial charge in [0.05, 0.1) is 0 Å². The molecule has 2 aromatic heterocycles. The Labute approximate surface area is 144 Å². The number of allylic oxidation sites excluding steroid dienone is 1. The first-order valence-electron chi connectivity index (χ1n) is 8.85. The third-order valence-corrected chi connectivity index (χ3v) is 4.80. The number of hydrogen-bond donors (Lipinski definition) is 1. The zero-order valence-corrected chi connectivity index (χ0v) is 15.2. The fourth-order valence-corrected chi connectivity index (χ4v) is 3.67. The maximum absolute atomic E-state index is 6.43. The van der Waals surface area contributed by atoms with Gasteiger partial charge in [-0.1, -0.05) is 38.1 Å². The molecule has 2 heterocycles. The van der Waals surface area contributed by atoms with Crippen molar-refractivity contribution in [2.45, 2.75) is 52.9 Å². The third kappa shape index (κ3) is 2.82. The molecule has 0 amide bonds. The Balaban J connectivity index is 2.17. The molecule has 2 heteroatoms. The smallest absolute Gasteiger partial charge is 0.140 e. The van der Waals surface area contributed by atoms with E-state index in [2.05, 4.69) is 63.5 Å². The van der Waals surface area contributed by atoms with E-state index in [0.29, 0.717) is 5.92 Å². The number of benzene rings is 1. The van der Waals surface area contributed by atoms with Gasteiger partial charge in [0.15, 0.2) is 0 Å². The van der Waals surface area contributed by atoms with E-state index in [9.17, 15) is 0 Å². The second-order valence-electron chi connectivity index (χ2n) is 6.90. The zero-order chi connectivity index (χ0) is 17.3. The van der Waals surface area contributed by atoms with Crippen molar-refractivity contribution in [1.82, 2.24) is 4.98 Å². The highest BCUT2D eigenvalue weighted by Crippen LogP contribution is 2.41. The minimum atomic E-state index is 0.435. The normalized spacial score (nSPS) is 11.5. The first-order valence-corrected chi connectivity index (χ1v) is 8.85. The molecule has 0 spiro atoms. The highest BCUT2D eigenvalue weighted by Gasteiger charge is 2.24. The molecule has 0 saturated heterocycles. The van der Waals surface area contributed by atoms with Crippen molar-refractivity contribution in [3.05, 3.63) is 59.5 Å². The van der Waals surface area contributed by atoms with Crippen molar-refractivity contribution < 1.29 is 4.42 Å². The minimum absolute atomic E-state index is 0.435. The number of furan rings is 1. The van der Waals surface area contributed by atoms with E-state index in [1.54, 1.807) is 0 Å². The fourth-order valence-electron chi connectivity index (χ4n) is 3.67. The molecule has 1 aromatic carbocycles. The summed E-state index contributed by atoms with van der Waals surface area (Å²) in [6, 6.07) is 8.46. The Bertz CT molecular complexity index is 864. The summed E-state index contributed by atoms with van der Waals surface area (Å²) in [6.07, 6.45) is 5.06.